The number of halogens is 1. The van der Waals surface area contributed by atoms with Crippen molar-refractivity contribution in [1.29, 1.82) is 0 Å². The van der Waals surface area contributed by atoms with Crippen molar-refractivity contribution in [2.75, 3.05) is 18.4 Å². The highest BCUT2D eigenvalue weighted by Gasteiger charge is 2.29. The molecule has 0 bridgehead atoms. The van der Waals surface area contributed by atoms with Crippen LogP contribution >= 0.6 is 22.9 Å². The lowest BCUT2D eigenvalue weighted by atomic mass is 10.0. The lowest BCUT2D eigenvalue weighted by Gasteiger charge is -2.35. The van der Waals surface area contributed by atoms with Gasteiger partial charge >= 0.3 is 0 Å². The number of nitrogens with zero attached hydrogens (tertiary/aromatic N) is 2. The predicted octanol–water partition coefficient (Wildman–Crippen LogP) is 3.08. The molecule has 12 heteroatoms. The summed E-state index contributed by atoms with van der Waals surface area (Å²) in [6.45, 7) is 2.87. The molecule has 162 valence electrons. The van der Waals surface area contributed by atoms with E-state index in [9.17, 15) is 23.3 Å². The van der Waals surface area contributed by atoms with Crippen LogP contribution in [0.2, 0.25) is 5.02 Å². The number of nitro benzene ring substituents is 1. The lowest BCUT2D eigenvalue weighted by molar-refractivity contribution is -0.384. The van der Waals surface area contributed by atoms with Crippen molar-refractivity contribution >= 4 is 50.2 Å². The molecule has 0 saturated carbocycles. The first kappa shape index (κ1) is 22.6. The predicted molar refractivity (Wildman–Crippen MR) is 115 cm³/mol. The zero-order valence-electron chi connectivity index (χ0n) is 16.1. The number of hydrogen-bond acceptors (Lipinski definition) is 7. The number of carbonyl (C=O) groups is 1. The van der Waals surface area contributed by atoms with Gasteiger partial charge in [0, 0.05) is 31.3 Å². The topological polar surface area (TPSA) is 122 Å². The quantitative estimate of drug-likeness (QED) is 0.471. The number of thiophene rings is 1. The first-order valence-electron chi connectivity index (χ1n) is 9.22. The van der Waals surface area contributed by atoms with E-state index in [1.807, 2.05) is 4.90 Å². The maximum absolute atomic E-state index is 12.6. The van der Waals surface area contributed by atoms with Crippen molar-refractivity contribution in [2.45, 2.75) is 36.1 Å². The standard InChI is InChI=1S/C18H21ClN4O5S2/c1-12(18(24)20-16-5-4-14(23(25)26)11-15(16)19)22-8-6-13(7-9-22)21-30(27,28)17-3-2-10-29-17/h2-5,10-13,21H,6-9H2,1H3,(H,20,24). The molecule has 1 atom stereocenters. The highest BCUT2D eigenvalue weighted by molar-refractivity contribution is 7.91. The molecule has 1 saturated heterocycles. The summed E-state index contributed by atoms with van der Waals surface area (Å²) in [7, 11) is -3.52. The van der Waals surface area contributed by atoms with Crippen molar-refractivity contribution in [3.8, 4) is 0 Å². The number of sulfonamides is 1. The number of rotatable bonds is 7. The molecule has 1 aromatic heterocycles. The fourth-order valence-corrected chi connectivity index (χ4v) is 5.76. The van der Waals surface area contributed by atoms with E-state index < -0.39 is 21.0 Å². The number of piperidine rings is 1. The maximum Gasteiger partial charge on any atom is 0.271 e. The van der Waals surface area contributed by atoms with Crippen molar-refractivity contribution in [3.63, 3.8) is 0 Å². The van der Waals surface area contributed by atoms with Crippen LogP contribution in [0.1, 0.15) is 19.8 Å². The Bertz CT molecular complexity index is 1020. The zero-order valence-corrected chi connectivity index (χ0v) is 18.5. The minimum Gasteiger partial charge on any atom is -0.323 e. The first-order chi connectivity index (χ1) is 14.2. The van der Waals surface area contributed by atoms with Gasteiger partial charge in [0.15, 0.2) is 0 Å². The average molecular weight is 473 g/mol. The first-order valence-corrected chi connectivity index (χ1v) is 12.0. The molecule has 0 spiro atoms. The highest BCUT2D eigenvalue weighted by atomic mass is 35.5. The van der Waals surface area contributed by atoms with Gasteiger partial charge in [-0.2, -0.15) is 0 Å². The van der Waals surface area contributed by atoms with E-state index in [2.05, 4.69) is 10.0 Å². The second kappa shape index (κ2) is 9.40. The summed E-state index contributed by atoms with van der Waals surface area (Å²) in [4.78, 5) is 24.8. The van der Waals surface area contributed by atoms with Crippen LogP contribution in [-0.4, -0.2) is 49.3 Å². The number of non-ortho nitro benzene ring substituents is 1. The Morgan fingerprint density at radius 1 is 1.33 bits per heavy atom. The van der Waals surface area contributed by atoms with Gasteiger partial charge in [-0.05, 0) is 37.3 Å². The van der Waals surface area contributed by atoms with Crippen LogP contribution in [0.5, 0.6) is 0 Å². The molecule has 1 aliphatic heterocycles. The van der Waals surface area contributed by atoms with Crippen LogP contribution in [0.3, 0.4) is 0 Å². The summed E-state index contributed by atoms with van der Waals surface area (Å²) < 4.78 is 27.7. The monoisotopic (exact) mass is 472 g/mol. The summed E-state index contributed by atoms with van der Waals surface area (Å²) in [5.74, 6) is -0.289. The molecule has 2 aromatic rings. The Morgan fingerprint density at radius 3 is 2.60 bits per heavy atom. The Labute approximate surface area is 183 Å². The summed E-state index contributed by atoms with van der Waals surface area (Å²) >= 11 is 7.20. The molecule has 1 amide bonds. The van der Waals surface area contributed by atoms with Gasteiger partial charge in [-0.1, -0.05) is 17.7 Å². The fourth-order valence-electron chi connectivity index (χ4n) is 3.22. The molecule has 0 aliphatic carbocycles. The van der Waals surface area contributed by atoms with Crippen molar-refractivity contribution in [2.24, 2.45) is 0 Å². The van der Waals surface area contributed by atoms with E-state index in [1.54, 1.807) is 24.4 Å². The fraction of sp³-hybridized carbons (Fsp3) is 0.389. The average Bonchev–Trinajstić information content (AvgIpc) is 3.25. The number of likely N-dealkylation sites (tertiary alicyclic amines) is 1. The number of hydrogen-bond donors (Lipinski definition) is 2. The summed E-state index contributed by atoms with van der Waals surface area (Å²) in [5, 5.41) is 15.3. The van der Waals surface area contributed by atoms with E-state index in [4.69, 9.17) is 11.6 Å². The maximum atomic E-state index is 12.6. The molecule has 1 unspecified atom stereocenters. The van der Waals surface area contributed by atoms with Crippen LogP contribution < -0.4 is 10.0 Å². The van der Waals surface area contributed by atoms with Crippen LogP contribution in [0.4, 0.5) is 11.4 Å². The van der Waals surface area contributed by atoms with E-state index in [0.29, 0.717) is 31.6 Å². The number of carbonyl (C=O) groups excluding carboxylic acids is 1. The third kappa shape index (κ3) is 5.35. The SMILES string of the molecule is CC(C(=O)Nc1ccc([N+](=O)[O-])cc1Cl)N1CCC(NS(=O)(=O)c2cccs2)CC1. The molecule has 30 heavy (non-hydrogen) atoms. The van der Waals surface area contributed by atoms with Gasteiger partial charge in [0.25, 0.3) is 5.69 Å². The summed E-state index contributed by atoms with van der Waals surface area (Å²) in [6.07, 6.45) is 1.17. The minimum absolute atomic E-state index is 0.0893. The molecule has 9 nitrogen and oxygen atoms in total. The molecule has 0 radical (unpaired) electrons. The van der Waals surface area contributed by atoms with Crippen molar-refractivity contribution < 1.29 is 18.1 Å². The molecule has 2 N–H and O–H groups in total. The van der Waals surface area contributed by atoms with E-state index in [0.717, 1.165) is 0 Å². The number of nitrogens with one attached hydrogen (secondary N) is 2. The molecule has 3 rings (SSSR count). The van der Waals surface area contributed by atoms with Crippen LogP contribution in [0.25, 0.3) is 0 Å². The summed E-state index contributed by atoms with van der Waals surface area (Å²) in [5.41, 5.74) is 0.149. The smallest absolute Gasteiger partial charge is 0.271 e. The zero-order chi connectivity index (χ0) is 21.9. The van der Waals surface area contributed by atoms with Crippen molar-refractivity contribution in [3.05, 3.63) is 50.8 Å². The third-order valence-corrected chi connectivity index (χ3v) is 8.19. The summed E-state index contributed by atoms with van der Waals surface area (Å²) in [6, 6.07) is 6.47. The van der Waals surface area contributed by atoms with Crippen LogP contribution in [0, 0.1) is 10.1 Å². The van der Waals surface area contributed by atoms with Gasteiger partial charge < -0.3 is 5.32 Å². The Balaban J connectivity index is 1.54. The van der Waals surface area contributed by atoms with Gasteiger partial charge in [0.2, 0.25) is 15.9 Å². The third-order valence-electron chi connectivity index (χ3n) is 4.96. The van der Waals surface area contributed by atoms with Crippen LogP contribution in [0.15, 0.2) is 39.9 Å². The molecular weight excluding hydrogens is 452 g/mol. The lowest BCUT2D eigenvalue weighted by Crippen LogP contribution is -2.50. The van der Waals surface area contributed by atoms with Gasteiger partial charge in [-0.15, -0.1) is 11.3 Å². The number of anilines is 1. The normalized spacial score (nSPS) is 16.9. The minimum atomic E-state index is -3.52. The Hall–Kier alpha value is -2.05. The van der Waals surface area contributed by atoms with Gasteiger partial charge in [-0.25, -0.2) is 13.1 Å². The highest BCUT2D eigenvalue weighted by Crippen LogP contribution is 2.27. The van der Waals surface area contributed by atoms with E-state index >= 15 is 0 Å². The van der Waals surface area contributed by atoms with Crippen molar-refractivity contribution in [1.82, 2.24) is 9.62 Å². The second-order valence-electron chi connectivity index (χ2n) is 6.95. The Kier molecular flexibility index (Phi) is 7.09. The van der Waals surface area contributed by atoms with Gasteiger partial charge in [0.05, 0.1) is 21.7 Å². The van der Waals surface area contributed by atoms with Gasteiger partial charge in [0.1, 0.15) is 4.21 Å². The van der Waals surface area contributed by atoms with Gasteiger partial charge in [-0.3, -0.25) is 19.8 Å². The number of benzene rings is 1. The number of amides is 1. The second-order valence-corrected chi connectivity index (χ2v) is 10.2. The van der Waals surface area contributed by atoms with E-state index in [-0.39, 0.29) is 26.9 Å². The molecule has 1 aliphatic rings. The van der Waals surface area contributed by atoms with Crippen LogP contribution in [-0.2, 0) is 14.8 Å². The largest absolute Gasteiger partial charge is 0.323 e. The molecule has 2 heterocycles. The molecule has 1 aromatic carbocycles. The molecular formula is C18H21ClN4O5S2. The molecule has 1 fully saturated rings. The Morgan fingerprint density at radius 2 is 2.03 bits per heavy atom. The number of nitro groups is 1. The van der Waals surface area contributed by atoms with E-state index in [1.165, 1.54) is 29.5 Å².